The predicted molar refractivity (Wildman–Crippen MR) is 70.2 cm³/mol. The van der Waals surface area contributed by atoms with Gasteiger partial charge in [-0.2, -0.15) is 9.64 Å². The van der Waals surface area contributed by atoms with Crippen molar-refractivity contribution in [2.45, 2.75) is 18.9 Å². The van der Waals surface area contributed by atoms with Crippen molar-refractivity contribution >= 4 is 22.4 Å². The summed E-state index contributed by atoms with van der Waals surface area (Å²) in [6, 6.07) is 2.63. The van der Waals surface area contributed by atoms with Gasteiger partial charge in [0, 0.05) is 13.1 Å². The van der Waals surface area contributed by atoms with Gasteiger partial charge in [0.1, 0.15) is 16.6 Å². The SMILES string of the molecule is CN1CCC(N(C)c2snc(N)c2C#N)CC1. The van der Waals surface area contributed by atoms with Crippen LogP contribution in [0.1, 0.15) is 18.4 Å². The van der Waals surface area contributed by atoms with E-state index < -0.39 is 0 Å². The first-order valence-electron chi connectivity index (χ1n) is 5.70. The van der Waals surface area contributed by atoms with Crippen LogP contribution >= 0.6 is 11.5 Å². The van der Waals surface area contributed by atoms with Crippen molar-refractivity contribution in [1.29, 1.82) is 5.26 Å². The van der Waals surface area contributed by atoms with Crippen LogP contribution in [-0.4, -0.2) is 42.5 Å². The number of nitrogen functional groups attached to an aromatic ring is 1. The first-order valence-corrected chi connectivity index (χ1v) is 6.47. The van der Waals surface area contributed by atoms with Gasteiger partial charge in [-0.1, -0.05) is 0 Å². The zero-order valence-electron chi connectivity index (χ0n) is 10.2. The fourth-order valence-corrected chi connectivity index (χ4v) is 2.98. The first-order chi connectivity index (χ1) is 8.13. The lowest BCUT2D eigenvalue weighted by Crippen LogP contribution is -2.41. The van der Waals surface area contributed by atoms with E-state index in [0.717, 1.165) is 30.9 Å². The maximum absolute atomic E-state index is 9.08. The molecule has 2 N–H and O–H groups in total. The van der Waals surface area contributed by atoms with Crippen molar-refractivity contribution in [3.05, 3.63) is 5.56 Å². The smallest absolute Gasteiger partial charge is 0.157 e. The van der Waals surface area contributed by atoms with Crippen molar-refractivity contribution in [2.24, 2.45) is 0 Å². The van der Waals surface area contributed by atoms with Crippen LogP contribution in [0, 0.1) is 11.3 Å². The maximum atomic E-state index is 9.08. The summed E-state index contributed by atoms with van der Waals surface area (Å²) < 4.78 is 4.06. The summed E-state index contributed by atoms with van der Waals surface area (Å²) in [6.07, 6.45) is 2.24. The lowest BCUT2D eigenvalue weighted by atomic mass is 10.0. The Balaban J connectivity index is 2.14. The molecule has 17 heavy (non-hydrogen) atoms. The van der Waals surface area contributed by atoms with E-state index >= 15 is 0 Å². The Morgan fingerprint density at radius 3 is 2.76 bits per heavy atom. The third-order valence-corrected chi connectivity index (χ3v) is 4.32. The highest BCUT2D eigenvalue weighted by Crippen LogP contribution is 2.32. The minimum absolute atomic E-state index is 0.354. The minimum atomic E-state index is 0.354. The zero-order valence-corrected chi connectivity index (χ0v) is 11.0. The van der Waals surface area contributed by atoms with Crippen LogP contribution in [0.25, 0.3) is 0 Å². The van der Waals surface area contributed by atoms with Crippen LogP contribution in [0.3, 0.4) is 0 Å². The summed E-state index contributed by atoms with van der Waals surface area (Å²) in [5, 5.41) is 9.98. The molecule has 92 valence electrons. The van der Waals surface area contributed by atoms with Gasteiger partial charge >= 0.3 is 0 Å². The van der Waals surface area contributed by atoms with Gasteiger partial charge in [0.2, 0.25) is 0 Å². The quantitative estimate of drug-likeness (QED) is 0.853. The summed E-state index contributed by atoms with van der Waals surface area (Å²) in [5.41, 5.74) is 6.21. The molecule has 0 aromatic carbocycles. The zero-order chi connectivity index (χ0) is 12.4. The Labute approximate surface area is 106 Å². The number of hydrogen-bond donors (Lipinski definition) is 1. The minimum Gasteiger partial charge on any atom is -0.382 e. The van der Waals surface area contributed by atoms with Gasteiger partial charge in [0.15, 0.2) is 5.82 Å². The highest BCUT2D eigenvalue weighted by Gasteiger charge is 2.24. The molecule has 0 saturated carbocycles. The molecular weight excluding hydrogens is 234 g/mol. The fraction of sp³-hybridized carbons (Fsp3) is 0.636. The van der Waals surface area contributed by atoms with Crippen LogP contribution < -0.4 is 10.6 Å². The largest absolute Gasteiger partial charge is 0.382 e. The lowest BCUT2D eigenvalue weighted by Gasteiger charge is -2.35. The number of nitrogens with two attached hydrogens (primary N) is 1. The van der Waals surface area contributed by atoms with E-state index in [9.17, 15) is 0 Å². The van der Waals surface area contributed by atoms with Crippen LogP contribution in [-0.2, 0) is 0 Å². The van der Waals surface area contributed by atoms with Crippen LogP contribution in [0.5, 0.6) is 0 Å². The van der Waals surface area contributed by atoms with E-state index in [1.165, 1.54) is 11.5 Å². The van der Waals surface area contributed by atoms with Crippen LogP contribution in [0.15, 0.2) is 0 Å². The molecule has 1 aliphatic rings. The molecule has 1 aliphatic heterocycles. The molecule has 1 aromatic rings. The number of anilines is 2. The van der Waals surface area contributed by atoms with Crippen LogP contribution in [0.2, 0.25) is 0 Å². The average molecular weight is 251 g/mol. The summed E-state index contributed by atoms with van der Waals surface area (Å²) >= 11 is 1.32. The Hall–Kier alpha value is -1.32. The Bertz CT molecular complexity index is 428. The highest BCUT2D eigenvalue weighted by atomic mass is 32.1. The molecule has 0 spiro atoms. The van der Waals surface area contributed by atoms with Gasteiger partial charge in [0.25, 0.3) is 0 Å². The second-order valence-electron chi connectivity index (χ2n) is 4.51. The van der Waals surface area contributed by atoms with Crippen molar-refractivity contribution < 1.29 is 0 Å². The lowest BCUT2D eigenvalue weighted by molar-refractivity contribution is 0.253. The predicted octanol–water partition coefficient (Wildman–Crippen LogP) is 1.13. The average Bonchev–Trinajstić information content (AvgIpc) is 2.70. The third kappa shape index (κ3) is 2.35. The van der Waals surface area contributed by atoms with Crippen molar-refractivity contribution in [1.82, 2.24) is 9.27 Å². The summed E-state index contributed by atoms with van der Waals surface area (Å²) in [7, 11) is 4.17. The number of likely N-dealkylation sites (tertiary alicyclic amines) is 1. The topological polar surface area (TPSA) is 69.2 Å². The second kappa shape index (κ2) is 4.90. The molecular formula is C11H17N5S. The fourth-order valence-electron chi connectivity index (χ4n) is 2.19. The van der Waals surface area contributed by atoms with Gasteiger partial charge in [0.05, 0.1) is 0 Å². The molecule has 1 saturated heterocycles. The molecule has 0 amide bonds. The monoisotopic (exact) mass is 251 g/mol. The van der Waals surface area contributed by atoms with E-state index in [1.54, 1.807) is 0 Å². The molecule has 0 aliphatic carbocycles. The maximum Gasteiger partial charge on any atom is 0.157 e. The molecule has 1 aromatic heterocycles. The molecule has 2 rings (SSSR count). The van der Waals surface area contributed by atoms with E-state index in [-0.39, 0.29) is 0 Å². The van der Waals surface area contributed by atoms with Gasteiger partial charge in [-0.25, -0.2) is 0 Å². The standard InChI is InChI=1S/C11H17N5S/c1-15-5-3-8(4-6-15)16(2)11-9(7-12)10(13)14-17-11/h8H,3-6H2,1-2H3,(H2,13,14). The van der Waals surface area contributed by atoms with Gasteiger partial charge in [-0.15, -0.1) is 0 Å². The Morgan fingerprint density at radius 1 is 1.53 bits per heavy atom. The van der Waals surface area contributed by atoms with E-state index in [1.807, 2.05) is 7.05 Å². The number of nitrogens with zero attached hydrogens (tertiary/aromatic N) is 4. The molecule has 0 unspecified atom stereocenters. The van der Waals surface area contributed by atoms with Gasteiger partial charge < -0.3 is 15.5 Å². The summed E-state index contributed by atoms with van der Waals surface area (Å²) in [5.74, 6) is 0.354. The normalized spacial score (nSPS) is 17.9. The van der Waals surface area contributed by atoms with Crippen LogP contribution in [0.4, 0.5) is 10.8 Å². The molecule has 0 bridgehead atoms. The number of rotatable bonds is 2. The molecule has 6 heteroatoms. The van der Waals surface area contributed by atoms with Crippen molar-refractivity contribution in [2.75, 3.05) is 37.8 Å². The second-order valence-corrected chi connectivity index (χ2v) is 5.26. The number of aromatic nitrogens is 1. The molecule has 0 atom stereocenters. The third-order valence-electron chi connectivity index (χ3n) is 3.37. The van der Waals surface area contributed by atoms with E-state index in [4.69, 9.17) is 11.0 Å². The van der Waals surface area contributed by atoms with Crippen molar-refractivity contribution in [3.63, 3.8) is 0 Å². The Kier molecular flexibility index (Phi) is 3.50. The highest BCUT2D eigenvalue weighted by molar-refractivity contribution is 7.10. The summed E-state index contributed by atoms with van der Waals surface area (Å²) in [4.78, 5) is 4.50. The molecule has 0 radical (unpaired) electrons. The number of hydrogen-bond acceptors (Lipinski definition) is 6. The number of nitriles is 1. The summed E-state index contributed by atoms with van der Waals surface area (Å²) in [6.45, 7) is 2.20. The van der Waals surface area contributed by atoms with Gasteiger partial charge in [-0.3, -0.25) is 0 Å². The van der Waals surface area contributed by atoms with E-state index in [2.05, 4.69) is 27.3 Å². The van der Waals surface area contributed by atoms with Gasteiger partial charge in [-0.05, 0) is 44.5 Å². The number of piperidine rings is 1. The first kappa shape index (κ1) is 12.1. The van der Waals surface area contributed by atoms with E-state index in [0.29, 0.717) is 17.4 Å². The Morgan fingerprint density at radius 2 is 2.18 bits per heavy atom. The molecule has 5 nitrogen and oxygen atoms in total. The van der Waals surface area contributed by atoms with Crippen molar-refractivity contribution in [3.8, 4) is 6.07 Å². The molecule has 1 fully saturated rings. The molecule has 2 heterocycles.